The van der Waals surface area contributed by atoms with Gasteiger partial charge in [0.15, 0.2) is 0 Å². The van der Waals surface area contributed by atoms with Crippen LogP contribution in [0.3, 0.4) is 0 Å². The zero-order valence-electron chi connectivity index (χ0n) is 16.2. The Hall–Kier alpha value is -2.42. The molecule has 7 nitrogen and oxygen atoms in total. The molecule has 29 heavy (non-hydrogen) atoms. The van der Waals surface area contributed by atoms with Gasteiger partial charge in [0.25, 0.3) is 10.0 Å². The minimum absolute atomic E-state index is 0.0625. The molecular formula is C20H23ClN4O3S. The monoisotopic (exact) mass is 434 g/mol. The summed E-state index contributed by atoms with van der Waals surface area (Å²) in [5, 5.41) is 3.56. The van der Waals surface area contributed by atoms with Crippen molar-refractivity contribution in [3.63, 3.8) is 0 Å². The molecule has 0 radical (unpaired) electrons. The number of hydrogen-bond acceptors (Lipinski definition) is 5. The number of aliphatic imine (C=N–C) groups is 1. The third kappa shape index (κ3) is 4.95. The summed E-state index contributed by atoms with van der Waals surface area (Å²) in [7, 11) is 0.282. The van der Waals surface area contributed by atoms with Crippen LogP contribution in [0.15, 0.2) is 58.4 Å². The number of halogens is 1. The molecule has 0 bridgehead atoms. The van der Waals surface area contributed by atoms with E-state index < -0.39 is 10.0 Å². The normalized spacial score (nSPS) is 17.0. The van der Waals surface area contributed by atoms with E-state index in [-0.39, 0.29) is 35.6 Å². The van der Waals surface area contributed by atoms with Crippen LogP contribution in [0.5, 0.6) is 0 Å². The van der Waals surface area contributed by atoms with Crippen LogP contribution in [-0.4, -0.2) is 52.2 Å². The quantitative estimate of drug-likeness (QED) is 0.698. The number of amides is 1. The zero-order valence-corrected chi connectivity index (χ0v) is 17.8. The molecule has 0 spiro atoms. The summed E-state index contributed by atoms with van der Waals surface area (Å²) < 4.78 is 26.6. The van der Waals surface area contributed by atoms with Gasteiger partial charge in [0.1, 0.15) is 5.84 Å². The molecule has 1 amide bonds. The van der Waals surface area contributed by atoms with E-state index in [1.165, 1.54) is 6.07 Å². The maximum Gasteiger partial charge on any atom is 0.263 e. The van der Waals surface area contributed by atoms with Crippen molar-refractivity contribution in [2.45, 2.75) is 17.4 Å². The molecule has 3 rings (SSSR count). The fraction of sp³-hybridized carbons (Fsp3) is 0.300. The Bertz CT molecular complexity index is 1040. The molecule has 1 unspecified atom stereocenters. The number of rotatable bonds is 7. The molecule has 1 atom stereocenters. The van der Waals surface area contributed by atoms with Crippen LogP contribution in [0.25, 0.3) is 0 Å². The van der Waals surface area contributed by atoms with Gasteiger partial charge in [0.05, 0.1) is 17.5 Å². The number of hydrogen-bond donors (Lipinski definition) is 2. The number of carbonyl (C=O) groups is 1. The van der Waals surface area contributed by atoms with Gasteiger partial charge in [0, 0.05) is 23.6 Å². The summed E-state index contributed by atoms with van der Waals surface area (Å²) in [5.74, 6) is 0.109. The van der Waals surface area contributed by atoms with Crippen LogP contribution >= 0.6 is 11.6 Å². The first-order chi connectivity index (χ1) is 13.8. The molecule has 1 aliphatic heterocycles. The van der Waals surface area contributed by atoms with Crippen LogP contribution in [0.4, 0.5) is 0 Å². The summed E-state index contributed by atoms with van der Waals surface area (Å²) >= 11 is 6.29. The number of benzene rings is 2. The average molecular weight is 435 g/mol. The molecule has 0 saturated heterocycles. The van der Waals surface area contributed by atoms with Gasteiger partial charge in [-0.2, -0.15) is 0 Å². The molecular weight excluding hydrogens is 412 g/mol. The van der Waals surface area contributed by atoms with E-state index >= 15 is 0 Å². The second-order valence-corrected chi connectivity index (χ2v) is 8.95. The SMILES string of the molecule is CN(C)C(CNC(=O)CCN=C1NS(=O)(=O)c2ccccc21)c1ccccc1Cl. The van der Waals surface area contributed by atoms with Crippen molar-refractivity contribution in [1.82, 2.24) is 14.9 Å². The van der Waals surface area contributed by atoms with Crippen molar-refractivity contribution < 1.29 is 13.2 Å². The van der Waals surface area contributed by atoms with Gasteiger partial charge in [-0.25, -0.2) is 8.42 Å². The molecule has 1 heterocycles. The van der Waals surface area contributed by atoms with Gasteiger partial charge < -0.3 is 10.2 Å². The predicted molar refractivity (Wildman–Crippen MR) is 114 cm³/mol. The van der Waals surface area contributed by atoms with Gasteiger partial charge in [-0.05, 0) is 37.9 Å². The Morgan fingerprint density at radius 1 is 1.17 bits per heavy atom. The van der Waals surface area contributed by atoms with E-state index in [0.29, 0.717) is 17.1 Å². The van der Waals surface area contributed by atoms with Crippen molar-refractivity contribution in [3.8, 4) is 0 Å². The molecule has 0 aromatic heterocycles. The first kappa shape index (κ1) is 21.3. The molecule has 1 aliphatic rings. The Labute approximate surface area is 175 Å². The van der Waals surface area contributed by atoms with Crippen LogP contribution < -0.4 is 10.0 Å². The number of likely N-dealkylation sites (N-methyl/N-ethyl adjacent to an activating group) is 1. The third-order valence-electron chi connectivity index (χ3n) is 4.65. The topological polar surface area (TPSA) is 90.9 Å². The molecule has 2 aromatic rings. The van der Waals surface area contributed by atoms with Crippen LogP contribution in [0.2, 0.25) is 5.02 Å². The van der Waals surface area contributed by atoms with E-state index in [9.17, 15) is 13.2 Å². The standard InChI is InChI=1S/C20H23ClN4O3S/c1-25(2)17(14-7-3-5-9-16(14)21)13-23-19(26)11-12-22-20-15-8-4-6-10-18(15)29(27,28)24-20/h3-10,17H,11-13H2,1-2H3,(H,22,24)(H,23,26). The lowest BCUT2D eigenvalue weighted by Crippen LogP contribution is -2.35. The van der Waals surface area contributed by atoms with Crippen LogP contribution in [0.1, 0.15) is 23.6 Å². The lowest BCUT2D eigenvalue weighted by molar-refractivity contribution is -0.121. The highest BCUT2D eigenvalue weighted by molar-refractivity contribution is 7.90. The average Bonchev–Trinajstić information content (AvgIpc) is 2.94. The van der Waals surface area contributed by atoms with Gasteiger partial charge in [0.2, 0.25) is 5.91 Å². The number of amidine groups is 1. The molecule has 0 aliphatic carbocycles. The van der Waals surface area contributed by atoms with Crippen molar-refractivity contribution in [2.24, 2.45) is 4.99 Å². The summed E-state index contributed by atoms with van der Waals surface area (Å²) in [6.07, 6.45) is 0.149. The fourth-order valence-corrected chi connectivity index (χ4v) is 4.65. The summed E-state index contributed by atoms with van der Waals surface area (Å²) in [4.78, 5) is 18.7. The fourth-order valence-electron chi connectivity index (χ4n) is 3.14. The lowest BCUT2D eigenvalue weighted by atomic mass is 10.1. The van der Waals surface area contributed by atoms with Crippen molar-refractivity contribution in [1.29, 1.82) is 0 Å². The van der Waals surface area contributed by atoms with E-state index in [1.54, 1.807) is 18.2 Å². The Morgan fingerprint density at radius 3 is 2.59 bits per heavy atom. The van der Waals surface area contributed by atoms with Gasteiger partial charge in [-0.3, -0.25) is 14.5 Å². The van der Waals surface area contributed by atoms with E-state index in [0.717, 1.165) is 5.56 Å². The largest absolute Gasteiger partial charge is 0.354 e. The van der Waals surface area contributed by atoms with E-state index in [2.05, 4.69) is 15.0 Å². The van der Waals surface area contributed by atoms with Gasteiger partial charge >= 0.3 is 0 Å². The lowest BCUT2D eigenvalue weighted by Gasteiger charge is -2.26. The minimum atomic E-state index is -3.57. The van der Waals surface area contributed by atoms with Gasteiger partial charge in [-0.15, -0.1) is 0 Å². The molecule has 2 aromatic carbocycles. The highest BCUT2D eigenvalue weighted by Crippen LogP contribution is 2.25. The highest BCUT2D eigenvalue weighted by atomic mass is 35.5. The first-order valence-electron chi connectivity index (χ1n) is 9.14. The maximum absolute atomic E-state index is 12.3. The van der Waals surface area contributed by atoms with Gasteiger partial charge in [-0.1, -0.05) is 41.9 Å². The minimum Gasteiger partial charge on any atom is -0.354 e. The number of nitrogens with one attached hydrogen (secondary N) is 2. The first-order valence-corrected chi connectivity index (χ1v) is 11.0. The number of carbonyl (C=O) groups excluding carboxylic acids is 1. The van der Waals surface area contributed by atoms with E-state index in [4.69, 9.17) is 11.6 Å². The van der Waals surface area contributed by atoms with Crippen LogP contribution in [0, 0.1) is 0 Å². The zero-order chi connectivity index (χ0) is 21.0. The highest BCUT2D eigenvalue weighted by Gasteiger charge is 2.30. The predicted octanol–water partition coefficient (Wildman–Crippen LogP) is 2.19. The van der Waals surface area contributed by atoms with E-state index in [1.807, 2.05) is 43.3 Å². The third-order valence-corrected chi connectivity index (χ3v) is 6.39. The molecule has 9 heteroatoms. The summed E-state index contributed by atoms with van der Waals surface area (Å²) in [6.45, 7) is 0.582. The Kier molecular flexibility index (Phi) is 6.56. The second kappa shape index (κ2) is 8.94. The van der Waals surface area contributed by atoms with Crippen LogP contribution in [-0.2, 0) is 14.8 Å². The molecule has 154 valence electrons. The second-order valence-electron chi connectivity index (χ2n) is 6.89. The number of fused-ring (bicyclic) bond motifs is 1. The number of nitrogens with zero attached hydrogens (tertiary/aromatic N) is 2. The molecule has 2 N–H and O–H groups in total. The van der Waals surface area contributed by atoms with Crippen molar-refractivity contribution in [2.75, 3.05) is 27.2 Å². The number of sulfonamides is 1. The summed E-state index contributed by atoms with van der Waals surface area (Å²) in [6, 6.07) is 14.1. The Morgan fingerprint density at radius 2 is 1.86 bits per heavy atom. The summed E-state index contributed by atoms with van der Waals surface area (Å²) in [5.41, 5.74) is 1.47. The smallest absolute Gasteiger partial charge is 0.263 e. The Balaban J connectivity index is 1.58. The maximum atomic E-state index is 12.3. The molecule has 0 fully saturated rings. The van der Waals surface area contributed by atoms with Crippen molar-refractivity contribution >= 4 is 33.4 Å². The van der Waals surface area contributed by atoms with Crippen molar-refractivity contribution in [3.05, 3.63) is 64.7 Å². The molecule has 0 saturated carbocycles.